The summed E-state index contributed by atoms with van der Waals surface area (Å²) in [6.07, 6.45) is 3.88. The molecule has 0 spiro atoms. The number of hydrogen-bond acceptors (Lipinski definition) is 4. The first-order chi connectivity index (χ1) is 11.7. The second-order valence-electron chi connectivity index (χ2n) is 6.98. The van der Waals surface area contributed by atoms with E-state index in [1.807, 2.05) is 14.0 Å². The minimum Gasteiger partial charge on any atom is -0.450 e. The molecule has 2 aliphatic heterocycles. The molecule has 1 amide bonds. The number of guanidine groups is 1. The minimum atomic E-state index is -0.203. The van der Waals surface area contributed by atoms with Gasteiger partial charge >= 0.3 is 6.09 Å². The van der Waals surface area contributed by atoms with Crippen LogP contribution in [-0.4, -0.2) is 92.3 Å². The van der Waals surface area contributed by atoms with Gasteiger partial charge in [-0.3, -0.25) is 4.99 Å². The van der Waals surface area contributed by atoms with Crippen LogP contribution >= 0.6 is 24.0 Å². The first-order valence-corrected chi connectivity index (χ1v) is 9.32. The van der Waals surface area contributed by atoms with Crippen molar-refractivity contribution in [1.29, 1.82) is 0 Å². The Bertz CT molecular complexity index is 464. The van der Waals surface area contributed by atoms with Crippen LogP contribution in [0.25, 0.3) is 0 Å². The normalized spacial score (nSPS) is 24.9. The van der Waals surface area contributed by atoms with Gasteiger partial charge in [0.25, 0.3) is 0 Å². The van der Waals surface area contributed by atoms with E-state index in [0.717, 1.165) is 37.6 Å². The van der Waals surface area contributed by atoms with Gasteiger partial charge in [0.15, 0.2) is 5.96 Å². The lowest BCUT2D eigenvalue weighted by atomic mass is 10.1. The van der Waals surface area contributed by atoms with Gasteiger partial charge in [0.05, 0.1) is 6.61 Å². The molecule has 8 heteroatoms. The monoisotopic (exact) mass is 465 g/mol. The van der Waals surface area contributed by atoms with E-state index in [0.29, 0.717) is 19.7 Å². The van der Waals surface area contributed by atoms with Crippen molar-refractivity contribution in [1.82, 2.24) is 20.0 Å². The third-order valence-electron chi connectivity index (χ3n) is 5.25. The number of carbonyl (C=O) groups excluding carboxylic acids is 1. The van der Waals surface area contributed by atoms with Gasteiger partial charge in [-0.2, -0.15) is 0 Å². The molecule has 0 aromatic rings. The van der Waals surface area contributed by atoms with E-state index in [1.165, 1.54) is 32.4 Å². The number of halogens is 1. The SMILES string of the molecule is CCOC(=O)N1CCN(C(=NC)NCC2CCN(C3CC3)C2)CC1.I. The van der Waals surface area contributed by atoms with Gasteiger partial charge in [-0.05, 0) is 38.6 Å². The molecule has 1 unspecified atom stereocenters. The van der Waals surface area contributed by atoms with Gasteiger partial charge in [0.1, 0.15) is 0 Å². The average molecular weight is 465 g/mol. The summed E-state index contributed by atoms with van der Waals surface area (Å²) in [7, 11) is 1.84. The molecule has 1 N–H and O–H groups in total. The molecule has 0 radical (unpaired) electrons. The summed E-state index contributed by atoms with van der Waals surface area (Å²) in [5, 5.41) is 3.54. The number of likely N-dealkylation sites (tertiary alicyclic amines) is 1. The fraction of sp³-hybridized carbons (Fsp3) is 0.882. The van der Waals surface area contributed by atoms with Crippen molar-refractivity contribution in [2.75, 3.05) is 59.5 Å². The number of nitrogens with one attached hydrogen (secondary N) is 1. The molecule has 1 aliphatic carbocycles. The van der Waals surface area contributed by atoms with Crippen LogP contribution in [0.15, 0.2) is 4.99 Å². The average Bonchev–Trinajstić information content (AvgIpc) is 3.35. The molecular weight excluding hydrogens is 433 g/mol. The molecule has 0 bridgehead atoms. The number of aliphatic imine (C=N–C) groups is 1. The Morgan fingerprint density at radius 1 is 1.12 bits per heavy atom. The molecular formula is C17H32IN5O2. The van der Waals surface area contributed by atoms with Gasteiger partial charge in [0, 0.05) is 52.4 Å². The third kappa shape index (κ3) is 5.60. The van der Waals surface area contributed by atoms with Crippen molar-refractivity contribution < 1.29 is 9.53 Å². The largest absolute Gasteiger partial charge is 0.450 e. The maximum absolute atomic E-state index is 11.8. The summed E-state index contributed by atoms with van der Waals surface area (Å²) < 4.78 is 5.07. The molecule has 2 heterocycles. The van der Waals surface area contributed by atoms with Crippen molar-refractivity contribution >= 4 is 36.0 Å². The highest BCUT2D eigenvalue weighted by Gasteiger charge is 2.34. The topological polar surface area (TPSA) is 60.4 Å². The zero-order chi connectivity index (χ0) is 16.9. The predicted octanol–water partition coefficient (Wildman–Crippen LogP) is 1.44. The van der Waals surface area contributed by atoms with E-state index in [-0.39, 0.29) is 30.1 Å². The van der Waals surface area contributed by atoms with Crippen LogP contribution in [0.4, 0.5) is 4.79 Å². The Labute approximate surface area is 168 Å². The summed E-state index contributed by atoms with van der Waals surface area (Å²) in [5.74, 6) is 1.69. The third-order valence-corrected chi connectivity index (χ3v) is 5.25. The van der Waals surface area contributed by atoms with E-state index in [9.17, 15) is 4.79 Å². The highest BCUT2D eigenvalue weighted by atomic mass is 127. The van der Waals surface area contributed by atoms with Gasteiger partial charge in [-0.1, -0.05) is 0 Å². The van der Waals surface area contributed by atoms with Crippen LogP contribution in [0.1, 0.15) is 26.2 Å². The van der Waals surface area contributed by atoms with Gasteiger partial charge < -0.3 is 24.8 Å². The van der Waals surface area contributed by atoms with Gasteiger partial charge in [-0.25, -0.2) is 4.79 Å². The van der Waals surface area contributed by atoms with Crippen molar-refractivity contribution in [2.45, 2.75) is 32.2 Å². The molecule has 7 nitrogen and oxygen atoms in total. The predicted molar refractivity (Wildman–Crippen MR) is 110 cm³/mol. The summed E-state index contributed by atoms with van der Waals surface area (Å²) in [6.45, 7) is 8.74. The van der Waals surface area contributed by atoms with Crippen LogP contribution in [-0.2, 0) is 4.74 Å². The minimum absolute atomic E-state index is 0. The van der Waals surface area contributed by atoms with E-state index >= 15 is 0 Å². The van der Waals surface area contributed by atoms with Crippen LogP contribution in [0.2, 0.25) is 0 Å². The Kier molecular flexibility index (Phi) is 8.05. The summed E-state index contributed by atoms with van der Waals surface area (Å²) in [4.78, 5) is 22.9. The number of piperazine rings is 1. The smallest absolute Gasteiger partial charge is 0.409 e. The lowest BCUT2D eigenvalue weighted by molar-refractivity contribution is 0.0914. The van der Waals surface area contributed by atoms with E-state index < -0.39 is 0 Å². The Hall–Kier alpha value is -0.770. The summed E-state index contributed by atoms with van der Waals surface area (Å²) in [5.41, 5.74) is 0. The van der Waals surface area contributed by atoms with E-state index in [1.54, 1.807) is 4.90 Å². The van der Waals surface area contributed by atoms with Crippen LogP contribution < -0.4 is 5.32 Å². The zero-order valence-electron chi connectivity index (χ0n) is 15.4. The van der Waals surface area contributed by atoms with Crippen LogP contribution in [0, 0.1) is 5.92 Å². The zero-order valence-corrected chi connectivity index (χ0v) is 17.8. The van der Waals surface area contributed by atoms with Crippen LogP contribution in [0.3, 0.4) is 0 Å². The maximum Gasteiger partial charge on any atom is 0.409 e. The molecule has 0 aromatic heterocycles. The first kappa shape index (κ1) is 20.5. The number of ether oxygens (including phenoxy) is 1. The maximum atomic E-state index is 11.8. The molecule has 1 saturated carbocycles. The number of carbonyl (C=O) groups is 1. The molecule has 0 aromatic carbocycles. The summed E-state index contributed by atoms with van der Waals surface area (Å²) in [6, 6.07) is 0.880. The molecule has 3 fully saturated rings. The lowest BCUT2D eigenvalue weighted by Gasteiger charge is -2.36. The second-order valence-corrected chi connectivity index (χ2v) is 6.98. The fourth-order valence-corrected chi connectivity index (χ4v) is 3.68. The van der Waals surface area contributed by atoms with Gasteiger partial charge in [-0.15, -0.1) is 24.0 Å². The number of rotatable bonds is 4. The Morgan fingerprint density at radius 2 is 1.80 bits per heavy atom. The second kappa shape index (κ2) is 9.80. The molecule has 3 aliphatic rings. The molecule has 3 rings (SSSR count). The van der Waals surface area contributed by atoms with Gasteiger partial charge in [0.2, 0.25) is 0 Å². The fourth-order valence-electron chi connectivity index (χ4n) is 3.68. The summed E-state index contributed by atoms with van der Waals surface area (Å²) >= 11 is 0. The molecule has 144 valence electrons. The Morgan fingerprint density at radius 3 is 2.40 bits per heavy atom. The van der Waals surface area contributed by atoms with Crippen molar-refractivity contribution in [2.24, 2.45) is 10.9 Å². The molecule has 25 heavy (non-hydrogen) atoms. The number of hydrogen-bond donors (Lipinski definition) is 1. The van der Waals surface area contributed by atoms with E-state index in [2.05, 4.69) is 20.1 Å². The highest BCUT2D eigenvalue weighted by Crippen LogP contribution is 2.31. The molecule has 2 saturated heterocycles. The van der Waals surface area contributed by atoms with Crippen molar-refractivity contribution in [3.63, 3.8) is 0 Å². The number of amides is 1. The van der Waals surface area contributed by atoms with E-state index in [4.69, 9.17) is 4.74 Å². The lowest BCUT2D eigenvalue weighted by Crippen LogP contribution is -2.54. The molecule has 1 atom stereocenters. The standard InChI is InChI=1S/C17H31N5O2.HI/c1-3-24-17(23)21-10-8-20(9-11-21)16(18-2)19-12-14-6-7-22(13-14)15-4-5-15;/h14-15H,3-13H2,1-2H3,(H,18,19);1H. The Balaban J connectivity index is 0.00000225. The highest BCUT2D eigenvalue weighted by molar-refractivity contribution is 14.0. The van der Waals surface area contributed by atoms with Crippen molar-refractivity contribution in [3.8, 4) is 0 Å². The first-order valence-electron chi connectivity index (χ1n) is 9.32. The van der Waals surface area contributed by atoms with Crippen LogP contribution in [0.5, 0.6) is 0 Å². The van der Waals surface area contributed by atoms with Crippen molar-refractivity contribution in [3.05, 3.63) is 0 Å². The quantitative estimate of drug-likeness (QED) is 0.387. The number of nitrogens with zero attached hydrogens (tertiary/aromatic N) is 4.